The molecule has 1 aliphatic rings. The molecule has 1 heterocycles. The van der Waals surface area contributed by atoms with Crippen LogP contribution >= 0.6 is 23.2 Å². The van der Waals surface area contributed by atoms with Gasteiger partial charge in [0.25, 0.3) is 5.91 Å². The van der Waals surface area contributed by atoms with Crippen molar-refractivity contribution in [3.8, 4) is 0 Å². The van der Waals surface area contributed by atoms with Gasteiger partial charge in [0.2, 0.25) is 0 Å². The minimum Gasteiger partial charge on any atom is -0.397 e. The number of anilines is 1. The number of likely N-dealkylation sites (tertiary alicyclic amines) is 1. The van der Waals surface area contributed by atoms with Crippen LogP contribution in [0.25, 0.3) is 0 Å². The van der Waals surface area contributed by atoms with E-state index < -0.39 is 0 Å². The molecule has 1 aromatic carbocycles. The normalized spacial score (nSPS) is 18.1. The highest BCUT2D eigenvalue weighted by Crippen LogP contribution is 2.35. The van der Waals surface area contributed by atoms with Crippen LogP contribution in [0, 0.1) is 5.41 Å². The van der Waals surface area contributed by atoms with Crippen LogP contribution in [-0.4, -0.2) is 23.9 Å². The zero-order valence-corrected chi connectivity index (χ0v) is 13.4. The lowest BCUT2D eigenvalue weighted by atomic mass is 9.78. The molecule has 0 saturated carbocycles. The number of halogens is 2. The van der Waals surface area contributed by atoms with Gasteiger partial charge in [0.15, 0.2) is 0 Å². The second-order valence-corrected chi connectivity index (χ2v) is 6.60. The minimum atomic E-state index is -0.0200. The van der Waals surface area contributed by atoms with Gasteiger partial charge >= 0.3 is 0 Å². The average molecular weight is 315 g/mol. The molecule has 0 unspecified atom stereocenters. The lowest BCUT2D eigenvalue weighted by molar-refractivity contribution is 0.0600. The number of carbonyl (C=O) groups is 1. The fourth-order valence-corrected chi connectivity index (χ4v) is 2.86. The summed E-state index contributed by atoms with van der Waals surface area (Å²) in [4.78, 5) is 14.4. The molecule has 0 radical (unpaired) electrons. The molecule has 20 heavy (non-hydrogen) atoms. The highest BCUT2D eigenvalue weighted by atomic mass is 35.5. The van der Waals surface area contributed by atoms with Crippen LogP contribution in [0.5, 0.6) is 0 Å². The van der Waals surface area contributed by atoms with E-state index in [1.165, 1.54) is 0 Å². The van der Waals surface area contributed by atoms with Gasteiger partial charge in [0.1, 0.15) is 0 Å². The van der Waals surface area contributed by atoms with Gasteiger partial charge in [0, 0.05) is 18.7 Å². The predicted molar refractivity (Wildman–Crippen MR) is 84.4 cm³/mol. The van der Waals surface area contributed by atoms with Crippen LogP contribution < -0.4 is 5.73 Å². The molecule has 1 aromatic rings. The Hall–Kier alpha value is -0.930. The van der Waals surface area contributed by atoms with Crippen molar-refractivity contribution in [1.82, 2.24) is 4.90 Å². The van der Waals surface area contributed by atoms with Crippen LogP contribution in [0.1, 0.15) is 43.5 Å². The van der Waals surface area contributed by atoms with Crippen molar-refractivity contribution in [3.63, 3.8) is 0 Å². The molecule has 110 valence electrons. The molecule has 1 fully saturated rings. The smallest absolute Gasteiger partial charge is 0.253 e. The fourth-order valence-electron chi connectivity index (χ4n) is 2.52. The topological polar surface area (TPSA) is 46.3 Å². The van der Waals surface area contributed by atoms with Gasteiger partial charge in [-0.3, -0.25) is 4.79 Å². The molecule has 2 N–H and O–H groups in total. The molecular weight excluding hydrogens is 295 g/mol. The van der Waals surface area contributed by atoms with Crippen LogP contribution in [0.15, 0.2) is 12.1 Å². The maximum Gasteiger partial charge on any atom is 0.253 e. The molecule has 1 amide bonds. The number of piperidine rings is 1. The number of carbonyl (C=O) groups excluding carboxylic acids is 1. The lowest BCUT2D eigenvalue weighted by Gasteiger charge is -2.39. The van der Waals surface area contributed by atoms with E-state index in [2.05, 4.69) is 13.8 Å². The molecule has 0 spiro atoms. The van der Waals surface area contributed by atoms with Gasteiger partial charge < -0.3 is 10.6 Å². The van der Waals surface area contributed by atoms with E-state index in [0.29, 0.717) is 26.7 Å². The standard InChI is InChI=1S/C15H20Cl2N2O/c1-3-15(2)4-6-19(7-5-15)14(20)10-8-11(16)13(17)12(18)9-10/h8-9H,3-7,18H2,1-2H3. The monoisotopic (exact) mass is 314 g/mol. The fraction of sp³-hybridized carbons (Fsp3) is 0.533. The lowest BCUT2D eigenvalue weighted by Crippen LogP contribution is -2.41. The Kier molecular flexibility index (Phi) is 4.50. The molecule has 1 saturated heterocycles. The van der Waals surface area contributed by atoms with E-state index in [1.54, 1.807) is 12.1 Å². The minimum absolute atomic E-state index is 0.0200. The van der Waals surface area contributed by atoms with Gasteiger partial charge in [0.05, 0.1) is 15.7 Å². The first kappa shape index (κ1) is 15.5. The first-order valence-corrected chi connectivity index (χ1v) is 7.66. The van der Waals surface area contributed by atoms with Crippen molar-refractivity contribution >= 4 is 34.8 Å². The van der Waals surface area contributed by atoms with Crippen molar-refractivity contribution in [1.29, 1.82) is 0 Å². The van der Waals surface area contributed by atoms with Gasteiger partial charge in [-0.15, -0.1) is 0 Å². The van der Waals surface area contributed by atoms with Gasteiger partial charge in [-0.05, 0) is 30.4 Å². The number of hydrogen-bond donors (Lipinski definition) is 1. The number of benzene rings is 1. The molecule has 2 rings (SSSR count). The molecule has 1 aliphatic heterocycles. The van der Waals surface area contributed by atoms with Crippen LogP contribution in [-0.2, 0) is 0 Å². The zero-order valence-electron chi connectivity index (χ0n) is 11.9. The SMILES string of the molecule is CCC1(C)CCN(C(=O)c2cc(N)c(Cl)c(Cl)c2)CC1. The average Bonchev–Trinajstić information content (AvgIpc) is 2.44. The van der Waals surface area contributed by atoms with Crippen molar-refractivity contribution in [2.24, 2.45) is 5.41 Å². The summed E-state index contributed by atoms with van der Waals surface area (Å²) in [6.07, 6.45) is 3.22. The summed E-state index contributed by atoms with van der Waals surface area (Å²) >= 11 is 11.9. The third-order valence-electron chi connectivity index (χ3n) is 4.41. The third-order valence-corrected chi connectivity index (χ3v) is 5.23. The van der Waals surface area contributed by atoms with E-state index in [1.807, 2.05) is 4.90 Å². The highest BCUT2D eigenvalue weighted by molar-refractivity contribution is 6.43. The summed E-state index contributed by atoms with van der Waals surface area (Å²) in [5, 5.41) is 0.630. The Labute approximate surface area is 130 Å². The molecule has 0 aromatic heterocycles. The zero-order chi connectivity index (χ0) is 14.9. The van der Waals surface area contributed by atoms with Crippen LogP contribution in [0.4, 0.5) is 5.69 Å². The number of rotatable bonds is 2. The van der Waals surface area contributed by atoms with Crippen molar-refractivity contribution in [2.45, 2.75) is 33.1 Å². The van der Waals surface area contributed by atoms with Gasteiger partial charge in [-0.2, -0.15) is 0 Å². The molecule has 5 heteroatoms. The number of hydrogen-bond acceptors (Lipinski definition) is 2. The van der Waals surface area contributed by atoms with Gasteiger partial charge in [-0.25, -0.2) is 0 Å². The second kappa shape index (κ2) is 5.82. The first-order valence-electron chi connectivity index (χ1n) is 6.90. The third kappa shape index (κ3) is 3.04. The molecule has 0 aliphatic carbocycles. The van der Waals surface area contributed by atoms with E-state index in [9.17, 15) is 4.79 Å². The van der Waals surface area contributed by atoms with E-state index >= 15 is 0 Å². The summed E-state index contributed by atoms with van der Waals surface area (Å²) in [5.41, 5.74) is 6.98. The summed E-state index contributed by atoms with van der Waals surface area (Å²) in [6.45, 7) is 6.05. The Bertz CT molecular complexity index is 500. The number of nitrogens with two attached hydrogens (primary N) is 1. The summed E-state index contributed by atoms with van der Waals surface area (Å²) in [5.74, 6) is -0.0200. The van der Waals surface area contributed by atoms with E-state index in [-0.39, 0.29) is 5.91 Å². The van der Waals surface area contributed by atoms with Crippen molar-refractivity contribution in [2.75, 3.05) is 18.8 Å². The van der Waals surface area contributed by atoms with Crippen molar-refractivity contribution < 1.29 is 4.79 Å². The Morgan fingerprint density at radius 2 is 1.95 bits per heavy atom. The van der Waals surface area contributed by atoms with Crippen molar-refractivity contribution in [3.05, 3.63) is 27.7 Å². The van der Waals surface area contributed by atoms with E-state index in [0.717, 1.165) is 32.4 Å². The first-order chi connectivity index (χ1) is 9.36. The quantitative estimate of drug-likeness (QED) is 0.830. The maximum atomic E-state index is 12.5. The Morgan fingerprint density at radius 3 is 2.45 bits per heavy atom. The molecular formula is C15H20Cl2N2O. The second-order valence-electron chi connectivity index (χ2n) is 5.82. The Morgan fingerprint density at radius 1 is 1.35 bits per heavy atom. The highest BCUT2D eigenvalue weighted by Gasteiger charge is 2.30. The van der Waals surface area contributed by atoms with Crippen LogP contribution in [0.2, 0.25) is 10.0 Å². The molecule has 0 bridgehead atoms. The summed E-state index contributed by atoms with van der Waals surface area (Å²) in [6, 6.07) is 3.19. The van der Waals surface area contributed by atoms with Gasteiger partial charge in [-0.1, -0.05) is 43.5 Å². The summed E-state index contributed by atoms with van der Waals surface area (Å²) < 4.78 is 0. The Balaban J connectivity index is 2.13. The maximum absolute atomic E-state index is 12.5. The molecule has 0 atom stereocenters. The number of nitrogen functional groups attached to an aromatic ring is 1. The van der Waals surface area contributed by atoms with Crippen LogP contribution in [0.3, 0.4) is 0 Å². The molecule has 3 nitrogen and oxygen atoms in total. The summed E-state index contributed by atoms with van der Waals surface area (Å²) in [7, 11) is 0. The van der Waals surface area contributed by atoms with E-state index in [4.69, 9.17) is 28.9 Å². The number of amides is 1. The number of nitrogens with zero attached hydrogens (tertiary/aromatic N) is 1. The largest absolute Gasteiger partial charge is 0.397 e. The predicted octanol–water partition coefficient (Wildman–Crippen LogP) is 4.23.